The lowest BCUT2D eigenvalue weighted by Gasteiger charge is -2.45. The van der Waals surface area contributed by atoms with Crippen molar-refractivity contribution in [2.75, 3.05) is 53.4 Å². The molecular weight excluding hydrogens is 286 g/mol. The average molecular weight is 317 g/mol. The summed E-state index contributed by atoms with van der Waals surface area (Å²) in [5.74, 6) is 1.02. The van der Waals surface area contributed by atoms with Gasteiger partial charge in [-0.1, -0.05) is 25.1 Å². The van der Waals surface area contributed by atoms with Crippen LogP contribution < -0.4 is 4.74 Å². The van der Waals surface area contributed by atoms with Crippen LogP contribution in [-0.2, 0) is 0 Å². The van der Waals surface area contributed by atoms with Crippen LogP contribution in [0.2, 0.25) is 0 Å². The Labute approximate surface area is 141 Å². The quantitative estimate of drug-likeness (QED) is 0.849. The predicted octanol–water partition coefficient (Wildman–Crippen LogP) is 2.47. The fourth-order valence-electron chi connectivity index (χ4n) is 4.10. The second-order valence-corrected chi connectivity index (χ2v) is 6.90. The van der Waals surface area contributed by atoms with Gasteiger partial charge < -0.3 is 9.64 Å². The third-order valence-electron chi connectivity index (χ3n) is 5.70. The van der Waals surface area contributed by atoms with Crippen molar-refractivity contribution in [2.24, 2.45) is 0 Å². The number of rotatable bonds is 4. The highest BCUT2D eigenvalue weighted by Crippen LogP contribution is 2.32. The lowest BCUT2D eigenvalue weighted by Crippen LogP contribution is -2.53. The van der Waals surface area contributed by atoms with Gasteiger partial charge in [0.1, 0.15) is 5.75 Å². The summed E-state index contributed by atoms with van der Waals surface area (Å²) in [5, 5.41) is 0. The normalized spacial score (nSPS) is 25.6. The summed E-state index contributed by atoms with van der Waals surface area (Å²) in [6, 6.07) is 9.69. The number of nitrogens with zero attached hydrogens (tertiary/aromatic N) is 3. The molecule has 0 N–H and O–H groups in total. The van der Waals surface area contributed by atoms with Crippen LogP contribution in [0.5, 0.6) is 5.75 Å². The third-order valence-corrected chi connectivity index (χ3v) is 5.70. The Balaban J connectivity index is 1.70. The summed E-state index contributed by atoms with van der Waals surface area (Å²) < 4.78 is 5.60. The van der Waals surface area contributed by atoms with E-state index in [1.807, 2.05) is 0 Å². The molecule has 0 unspecified atom stereocenters. The highest BCUT2D eigenvalue weighted by molar-refractivity contribution is 5.36. The van der Waals surface area contributed by atoms with Gasteiger partial charge in [-0.05, 0) is 45.6 Å². The lowest BCUT2D eigenvalue weighted by atomic mass is 9.97. The van der Waals surface area contributed by atoms with Crippen LogP contribution in [0.15, 0.2) is 24.3 Å². The van der Waals surface area contributed by atoms with Crippen LogP contribution >= 0.6 is 0 Å². The van der Waals surface area contributed by atoms with E-state index in [1.165, 1.54) is 44.6 Å². The molecule has 4 heteroatoms. The van der Waals surface area contributed by atoms with E-state index in [0.717, 1.165) is 24.9 Å². The minimum atomic E-state index is 0.434. The van der Waals surface area contributed by atoms with Gasteiger partial charge in [-0.3, -0.25) is 9.80 Å². The van der Waals surface area contributed by atoms with Gasteiger partial charge in [0.15, 0.2) is 0 Å². The van der Waals surface area contributed by atoms with Crippen LogP contribution in [0.1, 0.15) is 31.4 Å². The van der Waals surface area contributed by atoms with Crippen molar-refractivity contribution in [2.45, 2.75) is 31.8 Å². The van der Waals surface area contributed by atoms with Crippen LogP contribution in [0.25, 0.3) is 0 Å². The Bertz CT molecular complexity index is 499. The van der Waals surface area contributed by atoms with Crippen molar-refractivity contribution in [3.05, 3.63) is 29.8 Å². The van der Waals surface area contributed by atoms with E-state index >= 15 is 0 Å². The van der Waals surface area contributed by atoms with E-state index in [4.69, 9.17) is 4.74 Å². The van der Waals surface area contributed by atoms with Crippen LogP contribution in [0.4, 0.5) is 0 Å². The summed E-state index contributed by atoms with van der Waals surface area (Å²) in [6.45, 7) is 9.43. The maximum Gasteiger partial charge on any atom is 0.123 e. The van der Waals surface area contributed by atoms with Gasteiger partial charge in [0, 0.05) is 31.2 Å². The smallest absolute Gasteiger partial charge is 0.123 e. The summed E-state index contributed by atoms with van der Waals surface area (Å²) in [6.07, 6.45) is 2.63. The monoisotopic (exact) mass is 317 g/mol. The molecule has 0 saturated carbocycles. The van der Waals surface area contributed by atoms with Crippen molar-refractivity contribution < 1.29 is 4.74 Å². The number of hydrogen-bond acceptors (Lipinski definition) is 4. The summed E-state index contributed by atoms with van der Waals surface area (Å²) in [5.41, 5.74) is 1.33. The Kier molecular flexibility index (Phi) is 5.57. The number of likely N-dealkylation sites (tertiary alicyclic amines) is 1. The zero-order valence-corrected chi connectivity index (χ0v) is 14.9. The number of piperazine rings is 1. The van der Waals surface area contributed by atoms with Crippen molar-refractivity contribution in [1.29, 1.82) is 0 Å². The molecule has 0 radical (unpaired) electrons. The maximum atomic E-state index is 5.60. The Morgan fingerprint density at radius 2 is 1.83 bits per heavy atom. The van der Waals surface area contributed by atoms with Gasteiger partial charge >= 0.3 is 0 Å². The van der Waals surface area contributed by atoms with Crippen molar-refractivity contribution in [1.82, 2.24) is 14.7 Å². The molecule has 2 saturated heterocycles. The molecule has 1 aromatic rings. The number of benzene rings is 1. The lowest BCUT2D eigenvalue weighted by molar-refractivity contribution is 0.0362. The summed E-state index contributed by atoms with van der Waals surface area (Å²) in [4.78, 5) is 7.78. The van der Waals surface area contributed by atoms with Crippen LogP contribution in [-0.4, -0.2) is 74.2 Å². The predicted molar refractivity (Wildman–Crippen MR) is 95.1 cm³/mol. The number of methoxy groups -OCH3 is 1. The Morgan fingerprint density at radius 3 is 2.52 bits per heavy atom. The van der Waals surface area contributed by atoms with E-state index in [-0.39, 0.29) is 0 Å². The van der Waals surface area contributed by atoms with Crippen LogP contribution in [0, 0.1) is 0 Å². The summed E-state index contributed by atoms with van der Waals surface area (Å²) >= 11 is 0. The molecule has 0 amide bonds. The second-order valence-electron chi connectivity index (χ2n) is 6.90. The molecular formula is C19H31N3O. The first-order valence-electron chi connectivity index (χ1n) is 9.02. The molecule has 2 aliphatic rings. The Hall–Kier alpha value is -1.10. The molecule has 2 aliphatic heterocycles. The first-order valence-corrected chi connectivity index (χ1v) is 9.02. The van der Waals surface area contributed by atoms with Gasteiger partial charge in [0.2, 0.25) is 0 Å². The number of ether oxygens (including phenoxy) is 1. The molecule has 0 aromatic heterocycles. The van der Waals surface area contributed by atoms with Gasteiger partial charge in [0.05, 0.1) is 13.2 Å². The molecule has 1 atom stereocenters. The molecule has 3 rings (SSSR count). The van der Waals surface area contributed by atoms with E-state index in [0.29, 0.717) is 6.04 Å². The molecule has 1 aromatic carbocycles. The zero-order valence-electron chi connectivity index (χ0n) is 14.9. The highest BCUT2D eigenvalue weighted by atomic mass is 16.5. The molecule has 0 aliphatic carbocycles. The van der Waals surface area contributed by atoms with E-state index in [9.17, 15) is 0 Å². The second kappa shape index (κ2) is 7.65. The maximum absolute atomic E-state index is 5.60. The van der Waals surface area contributed by atoms with Gasteiger partial charge in [-0.15, -0.1) is 0 Å². The van der Waals surface area contributed by atoms with Crippen molar-refractivity contribution in [3.8, 4) is 5.75 Å². The minimum absolute atomic E-state index is 0.434. The molecule has 0 spiro atoms. The van der Waals surface area contributed by atoms with E-state index < -0.39 is 0 Å². The molecule has 2 heterocycles. The zero-order chi connectivity index (χ0) is 16.2. The number of hydrogen-bond donors (Lipinski definition) is 0. The number of para-hydroxylation sites is 1. The molecule has 4 nitrogen and oxygen atoms in total. The SMILES string of the molecule is CCN1CCC(N2CCN(C)[C@@H](c3ccccc3OC)C2)CC1. The van der Waals surface area contributed by atoms with Gasteiger partial charge in [0.25, 0.3) is 0 Å². The summed E-state index contributed by atoms with van der Waals surface area (Å²) in [7, 11) is 4.02. The molecule has 128 valence electrons. The Morgan fingerprint density at radius 1 is 1.09 bits per heavy atom. The van der Waals surface area contributed by atoms with Gasteiger partial charge in [-0.25, -0.2) is 0 Å². The van der Waals surface area contributed by atoms with Gasteiger partial charge in [-0.2, -0.15) is 0 Å². The number of likely N-dealkylation sites (N-methyl/N-ethyl adjacent to an activating group) is 1. The first kappa shape index (κ1) is 16.7. The minimum Gasteiger partial charge on any atom is -0.496 e. The standard InChI is InChI=1S/C19H31N3O/c1-4-21-11-9-16(10-12-21)22-14-13-20(2)18(15-22)17-7-5-6-8-19(17)23-3/h5-8,16,18H,4,9-15H2,1-3H3/t18-/m1/s1. The fourth-order valence-corrected chi connectivity index (χ4v) is 4.10. The fraction of sp³-hybridized carbons (Fsp3) is 0.684. The topological polar surface area (TPSA) is 19.0 Å². The molecule has 23 heavy (non-hydrogen) atoms. The van der Waals surface area contributed by atoms with E-state index in [1.54, 1.807) is 7.11 Å². The molecule has 2 fully saturated rings. The largest absolute Gasteiger partial charge is 0.496 e. The highest BCUT2D eigenvalue weighted by Gasteiger charge is 2.32. The average Bonchev–Trinajstić information content (AvgIpc) is 2.62. The van der Waals surface area contributed by atoms with Crippen molar-refractivity contribution >= 4 is 0 Å². The third kappa shape index (κ3) is 3.70. The van der Waals surface area contributed by atoms with Crippen molar-refractivity contribution in [3.63, 3.8) is 0 Å². The van der Waals surface area contributed by atoms with Crippen LogP contribution in [0.3, 0.4) is 0 Å². The first-order chi connectivity index (χ1) is 11.2. The van der Waals surface area contributed by atoms with E-state index in [2.05, 4.69) is 52.9 Å². The number of piperidine rings is 1. The molecule has 0 bridgehead atoms.